The van der Waals surface area contributed by atoms with Crippen molar-refractivity contribution >= 4 is 29.5 Å². The third-order valence-corrected chi connectivity index (χ3v) is 4.03. The third kappa shape index (κ3) is 3.93. The van der Waals surface area contributed by atoms with Gasteiger partial charge in [-0.15, -0.1) is 0 Å². The quantitative estimate of drug-likeness (QED) is 0.545. The number of nitrogens with one attached hydrogen (secondary N) is 1. The molecule has 1 unspecified atom stereocenters. The maximum Gasteiger partial charge on any atom is 0.305 e. The van der Waals surface area contributed by atoms with E-state index in [0.717, 1.165) is 5.56 Å². The molecule has 0 aliphatic carbocycles. The standard InChI is InChI=1S/C17H19N3O6/c1-10(21)25-5-2-6-26-12-3-4-13-11(7-12)9-20-14(8-15(22)23)16(24)19-17(20)18-13/h3-4,7,14H,2,5-6,8-9H2,1H3,(H,22,23)(H,18,19,24). The van der Waals surface area contributed by atoms with Crippen molar-refractivity contribution in [2.75, 3.05) is 13.2 Å². The van der Waals surface area contributed by atoms with Crippen molar-refractivity contribution in [1.82, 2.24) is 10.2 Å². The smallest absolute Gasteiger partial charge is 0.305 e. The highest BCUT2D eigenvalue weighted by Gasteiger charge is 2.40. The lowest BCUT2D eigenvalue weighted by molar-refractivity contribution is -0.141. The molecule has 2 N–H and O–H groups in total. The van der Waals surface area contributed by atoms with Gasteiger partial charge in [0, 0.05) is 25.5 Å². The van der Waals surface area contributed by atoms with Crippen LogP contribution in [0.3, 0.4) is 0 Å². The fraction of sp³-hybridized carbons (Fsp3) is 0.412. The van der Waals surface area contributed by atoms with Gasteiger partial charge in [-0.1, -0.05) is 0 Å². The van der Waals surface area contributed by atoms with Crippen molar-refractivity contribution in [2.24, 2.45) is 4.99 Å². The Balaban J connectivity index is 1.65. The molecule has 0 radical (unpaired) electrons. The van der Waals surface area contributed by atoms with E-state index in [1.807, 2.05) is 6.07 Å². The molecule has 1 aromatic rings. The minimum atomic E-state index is -1.04. The Labute approximate surface area is 149 Å². The minimum absolute atomic E-state index is 0.285. The van der Waals surface area contributed by atoms with Gasteiger partial charge in [-0.3, -0.25) is 19.7 Å². The monoisotopic (exact) mass is 361 g/mol. The number of carboxylic acid groups (broad SMARTS) is 1. The van der Waals surface area contributed by atoms with E-state index in [2.05, 4.69) is 10.3 Å². The highest BCUT2D eigenvalue weighted by atomic mass is 16.5. The molecule has 1 fully saturated rings. The molecular formula is C17H19N3O6. The lowest BCUT2D eigenvalue weighted by Gasteiger charge is -2.27. The molecule has 2 aliphatic rings. The van der Waals surface area contributed by atoms with Gasteiger partial charge in [0.15, 0.2) is 0 Å². The Bertz CT molecular complexity index is 776. The Morgan fingerprint density at radius 3 is 2.92 bits per heavy atom. The van der Waals surface area contributed by atoms with Crippen LogP contribution in [0.15, 0.2) is 23.2 Å². The summed E-state index contributed by atoms with van der Waals surface area (Å²) >= 11 is 0. The third-order valence-electron chi connectivity index (χ3n) is 4.03. The fourth-order valence-electron chi connectivity index (χ4n) is 2.85. The van der Waals surface area contributed by atoms with Gasteiger partial charge < -0.3 is 19.5 Å². The minimum Gasteiger partial charge on any atom is -0.493 e. The number of guanidine groups is 1. The number of carbonyl (C=O) groups excluding carboxylic acids is 2. The number of hydrogen-bond acceptors (Lipinski definition) is 7. The Morgan fingerprint density at radius 1 is 1.38 bits per heavy atom. The zero-order valence-electron chi connectivity index (χ0n) is 14.2. The van der Waals surface area contributed by atoms with E-state index in [0.29, 0.717) is 43.6 Å². The van der Waals surface area contributed by atoms with E-state index in [-0.39, 0.29) is 18.3 Å². The number of aliphatic carboxylic acids is 1. The van der Waals surface area contributed by atoms with Crippen LogP contribution in [-0.4, -0.2) is 53.1 Å². The van der Waals surface area contributed by atoms with Gasteiger partial charge in [-0.05, 0) is 18.2 Å². The number of fused-ring (bicyclic) bond motifs is 2. The van der Waals surface area contributed by atoms with Crippen molar-refractivity contribution in [3.63, 3.8) is 0 Å². The van der Waals surface area contributed by atoms with Crippen LogP contribution in [0.4, 0.5) is 5.69 Å². The molecule has 0 spiro atoms. The molecule has 1 saturated heterocycles. The summed E-state index contributed by atoms with van der Waals surface area (Å²) < 4.78 is 10.5. The Kier molecular flexibility index (Phi) is 5.06. The molecule has 1 aromatic carbocycles. The van der Waals surface area contributed by atoms with Crippen LogP contribution in [0, 0.1) is 0 Å². The predicted octanol–water partition coefficient (Wildman–Crippen LogP) is 0.795. The van der Waals surface area contributed by atoms with Crippen LogP contribution in [0.1, 0.15) is 25.3 Å². The van der Waals surface area contributed by atoms with Gasteiger partial charge in [0.1, 0.15) is 11.8 Å². The van der Waals surface area contributed by atoms with Gasteiger partial charge in [0.2, 0.25) is 11.9 Å². The second kappa shape index (κ2) is 7.42. The van der Waals surface area contributed by atoms with Crippen LogP contribution in [0.25, 0.3) is 0 Å². The van der Waals surface area contributed by atoms with Gasteiger partial charge in [-0.25, -0.2) is 4.99 Å². The first-order valence-corrected chi connectivity index (χ1v) is 8.21. The van der Waals surface area contributed by atoms with E-state index in [9.17, 15) is 14.4 Å². The average Bonchev–Trinajstić information content (AvgIpc) is 2.86. The van der Waals surface area contributed by atoms with Crippen LogP contribution >= 0.6 is 0 Å². The molecule has 3 rings (SSSR count). The summed E-state index contributed by atoms with van der Waals surface area (Å²) in [6.07, 6.45) is 0.288. The first-order valence-electron chi connectivity index (χ1n) is 8.21. The number of rotatable bonds is 7. The molecule has 0 bridgehead atoms. The van der Waals surface area contributed by atoms with Crippen LogP contribution in [0.2, 0.25) is 0 Å². The maximum absolute atomic E-state index is 12.0. The molecule has 0 saturated carbocycles. The molecule has 2 heterocycles. The summed E-state index contributed by atoms with van der Waals surface area (Å²) in [5.74, 6) is -0.706. The summed E-state index contributed by atoms with van der Waals surface area (Å²) in [7, 11) is 0. The van der Waals surface area contributed by atoms with Crippen molar-refractivity contribution in [3.05, 3.63) is 23.8 Å². The topological polar surface area (TPSA) is 118 Å². The number of esters is 1. The number of hydrogen-bond donors (Lipinski definition) is 2. The lowest BCUT2D eigenvalue weighted by atomic mass is 10.1. The van der Waals surface area contributed by atoms with Gasteiger partial charge in [0.05, 0.1) is 25.3 Å². The van der Waals surface area contributed by atoms with Crippen LogP contribution < -0.4 is 10.1 Å². The first kappa shape index (κ1) is 17.7. The predicted molar refractivity (Wildman–Crippen MR) is 90.0 cm³/mol. The molecule has 1 atom stereocenters. The maximum atomic E-state index is 12.0. The van der Waals surface area contributed by atoms with Crippen molar-refractivity contribution < 1.29 is 29.0 Å². The van der Waals surface area contributed by atoms with E-state index >= 15 is 0 Å². The zero-order chi connectivity index (χ0) is 18.7. The molecule has 26 heavy (non-hydrogen) atoms. The van der Waals surface area contributed by atoms with Crippen molar-refractivity contribution in [2.45, 2.75) is 32.4 Å². The van der Waals surface area contributed by atoms with E-state index in [1.165, 1.54) is 6.92 Å². The summed E-state index contributed by atoms with van der Waals surface area (Å²) in [6.45, 7) is 2.42. The summed E-state index contributed by atoms with van der Waals surface area (Å²) in [5.41, 5.74) is 1.55. The average molecular weight is 361 g/mol. The zero-order valence-corrected chi connectivity index (χ0v) is 14.2. The van der Waals surface area contributed by atoms with Crippen molar-refractivity contribution in [3.8, 4) is 5.75 Å². The molecule has 138 valence electrons. The highest BCUT2D eigenvalue weighted by Crippen LogP contribution is 2.32. The second-order valence-electron chi connectivity index (χ2n) is 6.00. The Hall–Kier alpha value is -3.10. The Morgan fingerprint density at radius 2 is 2.19 bits per heavy atom. The second-order valence-corrected chi connectivity index (χ2v) is 6.00. The molecule has 1 amide bonds. The van der Waals surface area contributed by atoms with Crippen LogP contribution in [0.5, 0.6) is 5.75 Å². The van der Waals surface area contributed by atoms with Gasteiger partial charge in [-0.2, -0.15) is 0 Å². The SMILES string of the molecule is CC(=O)OCCCOc1ccc2c(c1)CN1C(=N2)NC(=O)C1CC(=O)O. The molecule has 9 heteroatoms. The molecule has 9 nitrogen and oxygen atoms in total. The number of benzene rings is 1. The number of ether oxygens (including phenoxy) is 2. The molecule has 0 aromatic heterocycles. The highest BCUT2D eigenvalue weighted by molar-refractivity contribution is 6.08. The van der Waals surface area contributed by atoms with Gasteiger partial charge >= 0.3 is 11.9 Å². The number of amides is 1. The summed E-state index contributed by atoms with van der Waals surface area (Å²) in [5, 5.41) is 11.6. The first-order chi connectivity index (χ1) is 12.4. The summed E-state index contributed by atoms with van der Waals surface area (Å²) in [4.78, 5) is 39.7. The number of aliphatic imine (C=N–C) groups is 1. The van der Waals surface area contributed by atoms with Crippen LogP contribution in [-0.2, 0) is 25.7 Å². The molecule has 2 aliphatic heterocycles. The number of nitrogens with zero attached hydrogens (tertiary/aromatic N) is 2. The number of carbonyl (C=O) groups is 3. The lowest BCUT2D eigenvalue weighted by Crippen LogP contribution is -2.38. The summed E-state index contributed by atoms with van der Waals surface area (Å²) in [6, 6.07) is 4.61. The molecular weight excluding hydrogens is 342 g/mol. The van der Waals surface area contributed by atoms with E-state index in [1.54, 1.807) is 17.0 Å². The fourth-order valence-corrected chi connectivity index (χ4v) is 2.85. The number of carboxylic acids is 1. The normalized spacial score (nSPS) is 17.7. The van der Waals surface area contributed by atoms with Crippen molar-refractivity contribution in [1.29, 1.82) is 0 Å². The van der Waals surface area contributed by atoms with Gasteiger partial charge in [0.25, 0.3) is 0 Å². The van der Waals surface area contributed by atoms with E-state index in [4.69, 9.17) is 14.6 Å². The largest absolute Gasteiger partial charge is 0.493 e. The van der Waals surface area contributed by atoms with E-state index < -0.39 is 12.0 Å².